The van der Waals surface area contributed by atoms with E-state index in [0.29, 0.717) is 31.9 Å². The van der Waals surface area contributed by atoms with Crippen LogP contribution in [-0.2, 0) is 11.0 Å². The van der Waals surface area contributed by atoms with Crippen LogP contribution in [0.5, 0.6) is 11.5 Å². The van der Waals surface area contributed by atoms with Crippen LogP contribution in [0, 0.1) is 11.7 Å². The van der Waals surface area contributed by atoms with Gasteiger partial charge in [0.25, 0.3) is 0 Å². The number of alkyl halides is 3. The van der Waals surface area contributed by atoms with E-state index >= 15 is 4.39 Å². The van der Waals surface area contributed by atoms with Crippen LogP contribution in [0.15, 0.2) is 65.7 Å². The van der Waals surface area contributed by atoms with Crippen molar-refractivity contribution in [2.24, 2.45) is 10.9 Å². The maximum absolute atomic E-state index is 15.2. The molecule has 8 nitrogen and oxygen atoms in total. The Morgan fingerprint density at radius 2 is 1.67 bits per heavy atom. The fourth-order valence-electron chi connectivity index (χ4n) is 5.44. The largest absolute Gasteiger partial charge is 0.497 e. The lowest BCUT2D eigenvalue weighted by Gasteiger charge is -2.46. The highest BCUT2D eigenvalue weighted by Gasteiger charge is 2.43. The molecule has 2 aliphatic heterocycles. The van der Waals surface area contributed by atoms with E-state index in [4.69, 9.17) is 9.47 Å². The number of carboxylic acids is 1. The van der Waals surface area contributed by atoms with E-state index in [1.165, 1.54) is 37.1 Å². The second-order valence-corrected chi connectivity index (χ2v) is 10.1. The number of anilines is 2. The first kappa shape index (κ1) is 29.0. The van der Waals surface area contributed by atoms with Crippen LogP contribution < -0.4 is 19.3 Å². The Balaban J connectivity index is 1.63. The molecule has 0 spiro atoms. The van der Waals surface area contributed by atoms with Crippen molar-refractivity contribution in [3.8, 4) is 11.5 Å². The monoisotopic (exact) mass is 586 g/mol. The highest BCUT2D eigenvalue weighted by Crippen LogP contribution is 2.47. The number of fused-ring (bicyclic) bond motifs is 1. The van der Waals surface area contributed by atoms with Crippen LogP contribution in [0.3, 0.4) is 0 Å². The van der Waals surface area contributed by atoms with Gasteiger partial charge in [0.2, 0.25) is 5.96 Å². The van der Waals surface area contributed by atoms with Gasteiger partial charge in [-0.05, 0) is 43.3 Å². The number of rotatable bonds is 6. The van der Waals surface area contributed by atoms with Gasteiger partial charge in [0.1, 0.15) is 23.0 Å². The predicted molar refractivity (Wildman–Crippen MR) is 150 cm³/mol. The minimum Gasteiger partial charge on any atom is -0.497 e. The van der Waals surface area contributed by atoms with Gasteiger partial charge in [-0.2, -0.15) is 13.2 Å². The topological polar surface area (TPSA) is 77.8 Å². The first-order chi connectivity index (χ1) is 20.0. The number of aliphatic imine (C=N–C) groups is 1. The summed E-state index contributed by atoms with van der Waals surface area (Å²) >= 11 is 0. The van der Waals surface area contributed by atoms with E-state index in [1.54, 1.807) is 13.2 Å². The molecule has 12 heteroatoms. The van der Waals surface area contributed by atoms with Crippen molar-refractivity contribution >= 4 is 29.0 Å². The molecule has 0 bridgehead atoms. The Hall–Kier alpha value is -4.48. The number of aliphatic carboxylic acids is 1. The van der Waals surface area contributed by atoms with Crippen molar-refractivity contribution in [3.05, 3.63) is 77.6 Å². The molecule has 1 saturated heterocycles. The number of hydrogen-bond acceptors (Lipinski definition) is 7. The summed E-state index contributed by atoms with van der Waals surface area (Å²) in [7, 11) is 2.91. The molecule has 0 aliphatic carbocycles. The molecule has 3 aromatic rings. The molecule has 0 radical (unpaired) electrons. The summed E-state index contributed by atoms with van der Waals surface area (Å²) in [6.45, 7) is 3.24. The van der Waals surface area contributed by atoms with Crippen LogP contribution in [-0.4, -0.2) is 62.3 Å². The van der Waals surface area contributed by atoms with Gasteiger partial charge < -0.3 is 29.3 Å². The summed E-state index contributed by atoms with van der Waals surface area (Å²) in [6.07, 6.45) is -4.67. The highest BCUT2D eigenvalue weighted by molar-refractivity contribution is 6.02. The fourth-order valence-corrected chi connectivity index (χ4v) is 5.44. The summed E-state index contributed by atoms with van der Waals surface area (Å²) in [4.78, 5) is 22.4. The number of nitrogens with zero attached hydrogens (tertiary/aromatic N) is 4. The van der Waals surface area contributed by atoms with Gasteiger partial charge in [0.05, 0.1) is 37.4 Å². The number of methoxy groups -OCH3 is 2. The lowest BCUT2D eigenvalue weighted by atomic mass is 9.89. The third kappa shape index (κ3) is 5.40. The molecule has 3 aromatic carbocycles. The second kappa shape index (κ2) is 11.4. The van der Waals surface area contributed by atoms with E-state index in [0.717, 1.165) is 17.8 Å². The summed E-state index contributed by atoms with van der Waals surface area (Å²) in [5.74, 6) is -2.07. The molecule has 1 N–H and O–H groups in total. The molecule has 42 heavy (non-hydrogen) atoms. The summed E-state index contributed by atoms with van der Waals surface area (Å²) in [5.41, 5.74) is 0.192. The minimum atomic E-state index is -4.67. The molecule has 1 unspecified atom stereocenters. The van der Waals surface area contributed by atoms with Crippen molar-refractivity contribution in [2.75, 3.05) is 50.2 Å². The van der Waals surface area contributed by atoms with E-state index in [1.807, 2.05) is 29.2 Å². The van der Waals surface area contributed by atoms with Gasteiger partial charge in [-0.15, -0.1) is 0 Å². The number of carbonyl (C=O) groups is 1. The van der Waals surface area contributed by atoms with Crippen LogP contribution >= 0.6 is 0 Å². The molecule has 2 heterocycles. The fraction of sp³-hybridized carbons (Fsp3) is 0.333. The van der Waals surface area contributed by atoms with Gasteiger partial charge in [0, 0.05) is 43.5 Å². The molecule has 0 saturated carbocycles. The van der Waals surface area contributed by atoms with Crippen LogP contribution in [0.25, 0.3) is 0 Å². The Morgan fingerprint density at radius 3 is 2.31 bits per heavy atom. The van der Waals surface area contributed by atoms with Crippen molar-refractivity contribution < 1.29 is 36.9 Å². The first-order valence-electron chi connectivity index (χ1n) is 13.3. The molecule has 0 aromatic heterocycles. The van der Waals surface area contributed by atoms with E-state index in [-0.39, 0.29) is 28.6 Å². The van der Waals surface area contributed by atoms with Gasteiger partial charge in [0.15, 0.2) is 0 Å². The molecular formula is C30H30F4N4O4. The molecule has 5 rings (SSSR count). The maximum Gasteiger partial charge on any atom is 0.416 e. The molecule has 2 atom stereocenters. The smallest absolute Gasteiger partial charge is 0.416 e. The predicted octanol–water partition coefficient (Wildman–Crippen LogP) is 5.95. The normalized spacial score (nSPS) is 17.8. The summed E-state index contributed by atoms with van der Waals surface area (Å²) in [6, 6.07) is 13.7. The van der Waals surface area contributed by atoms with Gasteiger partial charge >= 0.3 is 12.1 Å². The first-order valence-corrected chi connectivity index (χ1v) is 13.3. The minimum absolute atomic E-state index is 0.0192. The highest BCUT2D eigenvalue weighted by atomic mass is 19.4. The standard InChI is InChI=1S/C30H30F4N4O4/c1-18(28(39)40)27-22-8-5-9-23(31)26(22)35-29(38(27)24-16-19(30(32,33)34)10-11-25(24)42-3)37-14-12-36(13-15-37)20-6-4-7-21(17-20)41-2/h4-11,16-18,27H,12-15H2,1-3H3,(H,39,40)/t18-,27?/m1/s1. The SMILES string of the molecule is COc1cccc(N2CCN(C3=Nc4c(F)cccc4C([C@@H](C)C(=O)O)N3c3cc(C(F)(F)F)ccc3OC)CC2)c1. The Kier molecular flexibility index (Phi) is 7.89. The average Bonchev–Trinajstić information content (AvgIpc) is 2.99. The van der Waals surface area contributed by atoms with Crippen molar-refractivity contribution in [1.29, 1.82) is 0 Å². The molecule has 1 fully saturated rings. The zero-order valence-corrected chi connectivity index (χ0v) is 23.2. The third-order valence-electron chi connectivity index (χ3n) is 7.65. The van der Waals surface area contributed by atoms with Gasteiger partial charge in [-0.3, -0.25) is 4.79 Å². The lowest BCUT2D eigenvalue weighted by molar-refractivity contribution is -0.142. The summed E-state index contributed by atoms with van der Waals surface area (Å²) < 4.78 is 67.7. The number of benzene rings is 3. The third-order valence-corrected chi connectivity index (χ3v) is 7.65. The van der Waals surface area contributed by atoms with Gasteiger partial charge in [-0.25, -0.2) is 9.38 Å². The number of halogens is 4. The van der Waals surface area contributed by atoms with E-state index < -0.39 is 35.5 Å². The lowest BCUT2D eigenvalue weighted by Crippen LogP contribution is -2.56. The van der Waals surface area contributed by atoms with Crippen LogP contribution in [0.2, 0.25) is 0 Å². The van der Waals surface area contributed by atoms with Crippen LogP contribution in [0.4, 0.5) is 34.6 Å². The quantitative estimate of drug-likeness (QED) is 0.358. The van der Waals surface area contributed by atoms with E-state index in [9.17, 15) is 23.1 Å². The molecule has 0 amide bonds. The zero-order valence-electron chi connectivity index (χ0n) is 23.2. The average molecular weight is 587 g/mol. The Labute approximate surface area is 240 Å². The van der Waals surface area contributed by atoms with E-state index in [2.05, 4.69) is 9.89 Å². The van der Waals surface area contributed by atoms with Crippen LogP contribution in [0.1, 0.15) is 24.1 Å². The van der Waals surface area contributed by atoms with Crippen molar-refractivity contribution in [3.63, 3.8) is 0 Å². The zero-order chi connectivity index (χ0) is 30.2. The van der Waals surface area contributed by atoms with Gasteiger partial charge in [-0.1, -0.05) is 18.2 Å². The van der Waals surface area contributed by atoms with Crippen molar-refractivity contribution in [1.82, 2.24) is 4.90 Å². The molecule has 222 valence electrons. The number of ether oxygens (including phenoxy) is 2. The Morgan fingerprint density at radius 1 is 0.976 bits per heavy atom. The molecule has 2 aliphatic rings. The number of para-hydroxylation sites is 1. The second-order valence-electron chi connectivity index (χ2n) is 10.1. The molecular weight excluding hydrogens is 556 g/mol. The number of hydrogen-bond donors (Lipinski definition) is 1. The number of guanidine groups is 1. The number of piperazine rings is 1. The summed E-state index contributed by atoms with van der Waals surface area (Å²) in [5, 5.41) is 10.1. The Bertz CT molecular complexity index is 1500. The van der Waals surface area contributed by atoms with Crippen molar-refractivity contribution in [2.45, 2.75) is 19.1 Å². The number of carboxylic acid groups (broad SMARTS) is 1. The maximum atomic E-state index is 15.2.